The molecule has 214 valence electrons. The number of benzene rings is 1. The Bertz CT molecular complexity index is 1210. The second kappa shape index (κ2) is 14.8. The summed E-state index contributed by atoms with van der Waals surface area (Å²) in [5.41, 5.74) is 0.166. The van der Waals surface area contributed by atoms with Crippen LogP contribution in [-0.4, -0.2) is 94.1 Å². The van der Waals surface area contributed by atoms with Crippen molar-refractivity contribution in [1.82, 2.24) is 24.7 Å². The van der Waals surface area contributed by atoms with Crippen LogP contribution in [-0.2, 0) is 29.5 Å². The Labute approximate surface area is 254 Å². The van der Waals surface area contributed by atoms with Gasteiger partial charge in [-0.05, 0) is 24.1 Å². The molecule has 1 aromatic carbocycles. The molecule has 6 amide bonds. The van der Waals surface area contributed by atoms with E-state index in [1.807, 2.05) is 0 Å². The number of imide groups is 1. The number of amides is 6. The molecule has 1 aromatic rings. The predicted molar refractivity (Wildman–Crippen MR) is 134 cm³/mol. The van der Waals surface area contributed by atoms with Gasteiger partial charge in [-0.2, -0.15) is 0 Å². The van der Waals surface area contributed by atoms with Crippen LogP contribution < -0.4 is 40.2 Å². The molecule has 2 atom stereocenters. The number of hydrogen-bond acceptors (Lipinski definition) is 9. The number of hydrogen-bond donors (Lipinski definition) is 3. The second-order valence-corrected chi connectivity index (χ2v) is 10.7. The zero-order valence-corrected chi connectivity index (χ0v) is 25.3. The van der Waals surface area contributed by atoms with E-state index in [2.05, 4.69) is 17.6 Å². The van der Waals surface area contributed by atoms with E-state index in [0.717, 1.165) is 38.5 Å². The van der Waals surface area contributed by atoms with Crippen LogP contribution in [0.25, 0.3) is 0 Å². The number of nitrogens with one attached hydrogen (secondary N) is 2. The van der Waals surface area contributed by atoms with Crippen molar-refractivity contribution in [1.29, 1.82) is 0 Å². The Morgan fingerprint density at radius 3 is 2.25 bits per heavy atom. The second-order valence-electron chi connectivity index (χ2n) is 9.38. The molecule has 0 spiro atoms. The third-order valence-corrected chi connectivity index (χ3v) is 7.44. The predicted octanol–water partition coefficient (Wildman–Crippen LogP) is -3.03. The van der Waals surface area contributed by atoms with Gasteiger partial charge in [0, 0.05) is 19.6 Å². The Hall–Kier alpha value is -2.72. The van der Waals surface area contributed by atoms with E-state index in [4.69, 9.17) is 0 Å². The molecule has 0 bridgehead atoms. The average molecular weight is 590 g/mol. The van der Waals surface area contributed by atoms with E-state index in [1.165, 1.54) is 29.2 Å². The molecule has 2 aliphatic rings. The minimum atomic E-state index is -5.02. The number of rotatable bonds is 12. The molecular weight excluding hydrogens is 557 g/mol. The van der Waals surface area contributed by atoms with Crippen molar-refractivity contribution in [2.24, 2.45) is 0 Å². The molecule has 14 nitrogen and oxygen atoms in total. The molecular formula is C24H32N5NaO9S. The first-order valence-corrected chi connectivity index (χ1v) is 14.1. The minimum absolute atomic E-state index is 0. The molecule has 2 fully saturated rings. The van der Waals surface area contributed by atoms with Crippen LogP contribution >= 0.6 is 0 Å². The van der Waals surface area contributed by atoms with Gasteiger partial charge in [-0.3, -0.25) is 24.1 Å². The quantitative estimate of drug-likeness (QED) is 0.0746. The summed E-state index contributed by atoms with van der Waals surface area (Å²) in [6.07, 6.45) is 6.08. The molecule has 3 rings (SSSR count). The normalized spacial score (nSPS) is 18.1. The van der Waals surface area contributed by atoms with Crippen LogP contribution in [0.5, 0.6) is 5.75 Å². The molecule has 2 aliphatic heterocycles. The smallest absolute Gasteiger partial charge is 0.731 e. The minimum Gasteiger partial charge on any atom is -0.731 e. The van der Waals surface area contributed by atoms with Crippen LogP contribution in [0.3, 0.4) is 0 Å². The molecule has 40 heavy (non-hydrogen) atoms. The van der Waals surface area contributed by atoms with E-state index in [1.54, 1.807) is 0 Å². The van der Waals surface area contributed by atoms with E-state index in [-0.39, 0.29) is 58.3 Å². The number of urea groups is 1. The summed E-state index contributed by atoms with van der Waals surface area (Å²) in [5, 5.41) is 14.2. The third-order valence-electron chi connectivity index (χ3n) is 6.57. The number of unbranched alkanes of at least 4 members (excludes halogenated alkanes) is 5. The molecule has 16 heteroatoms. The van der Waals surface area contributed by atoms with Crippen LogP contribution in [0.2, 0.25) is 0 Å². The maximum Gasteiger partial charge on any atom is 1.00 e. The van der Waals surface area contributed by atoms with Crippen molar-refractivity contribution in [2.75, 3.05) is 26.2 Å². The van der Waals surface area contributed by atoms with Crippen molar-refractivity contribution < 1.29 is 71.6 Å². The van der Waals surface area contributed by atoms with Gasteiger partial charge in [-0.1, -0.05) is 51.2 Å². The van der Waals surface area contributed by atoms with Gasteiger partial charge < -0.3 is 25.2 Å². The van der Waals surface area contributed by atoms with Crippen molar-refractivity contribution in [3.63, 3.8) is 0 Å². The van der Waals surface area contributed by atoms with Crippen molar-refractivity contribution in [3.05, 3.63) is 29.8 Å². The van der Waals surface area contributed by atoms with E-state index in [0.29, 0.717) is 11.4 Å². The van der Waals surface area contributed by atoms with Gasteiger partial charge in [0.2, 0.25) is 5.91 Å². The summed E-state index contributed by atoms with van der Waals surface area (Å²) in [7, 11) is -5.02. The topological polar surface area (TPSA) is 197 Å². The zero-order valence-electron chi connectivity index (χ0n) is 22.5. The fraction of sp³-hybridized carbons (Fsp3) is 0.542. The van der Waals surface area contributed by atoms with Crippen LogP contribution in [0.1, 0.15) is 57.1 Å². The van der Waals surface area contributed by atoms with E-state index < -0.39 is 58.6 Å². The Morgan fingerprint density at radius 1 is 1.02 bits per heavy atom. The Balaban J connectivity index is 0.00000560. The Kier molecular flexibility index (Phi) is 12.4. The van der Waals surface area contributed by atoms with Crippen molar-refractivity contribution in [2.45, 2.75) is 57.5 Å². The number of piperazine rings is 1. The molecule has 0 aromatic heterocycles. The first-order valence-electron chi connectivity index (χ1n) is 12.7. The largest absolute Gasteiger partial charge is 1.00 e. The molecule has 3 N–H and O–H groups in total. The van der Waals surface area contributed by atoms with Crippen LogP contribution in [0.15, 0.2) is 24.3 Å². The number of aromatic hydroxyl groups is 1. The summed E-state index contributed by atoms with van der Waals surface area (Å²) in [6, 6.07) is 1.32. The van der Waals surface area contributed by atoms with Gasteiger partial charge >= 0.3 is 47.4 Å². The number of phenols is 1. The monoisotopic (exact) mass is 589 g/mol. The van der Waals surface area contributed by atoms with Gasteiger partial charge in [0.25, 0.3) is 5.91 Å². The summed E-state index contributed by atoms with van der Waals surface area (Å²) in [5.74, 6) is -4.06. The molecule has 0 aliphatic carbocycles. The van der Waals surface area contributed by atoms with Crippen molar-refractivity contribution in [3.8, 4) is 5.75 Å². The first kappa shape index (κ1) is 33.5. The molecule has 0 radical (unpaired) electrons. The number of carbonyl (C=O) groups is 5. The fourth-order valence-electron chi connectivity index (χ4n) is 4.29. The van der Waals surface area contributed by atoms with Crippen molar-refractivity contribution >= 4 is 40.0 Å². The van der Waals surface area contributed by atoms with Gasteiger partial charge in [-0.25, -0.2) is 17.5 Å². The number of β-lactam (4-membered cyclic amide) rings is 1. The molecule has 2 unspecified atom stereocenters. The third kappa shape index (κ3) is 8.39. The molecule has 2 saturated heterocycles. The fourth-order valence-corrected chi connectivity index (χ4v) is 4.97. The summed E-state index contributed by atoms with van der Waals surface area (Å²) in [4.78, 5) is 65.4. The summed E-state index contributed by atoms with van der Waals surface area (Å²) >= 11 is 0. The van der Waals surface area contributed by atoms with E-state index in [9.17, 15) is 42.0 Å². The van der Waals surface area contributed by atoms with E-state index >= 15 is 0 Å². The zero-order chi connectivity index (χ0) is 28.7. The average Bonchev–Trinajstić information content (AvgIpc) is 2.88. The Morgan fingerprint density at radius 2 is 1.65 bits per heavy atom. The number of phenolic OH excluding ortho intramolecular Hbond substituents is 1. The molecule has 2 heterocycles. The van der Waals surface area contributed by atoms with Gasteiger partial charge in [0.05, 0.1) is 6.54 Å². The van der Waals surface area contributed by atoms with Gasteiger partial charge in [-0.15, -0.1) is 0 Å². The maximum absolute atomic E-state index is 13.0. The maximum atomic E-state index is 13.0. The number of carbonyl (C=O) groups excluding carboxylic acids is 5. The number of nitrogens with zero attached hydrogens (tertiary/aromatic N) is 3. The SMILES string of the molecule is CCCCCCCCN1CCN(C(=O)NC(C(=O)NC2CN(S(=O)(=O)[O-])C2=O)c2ccc(O)cc2)C(=O)C1=O.[Na+]. The van der Waals surface area contributed by atoms with Gasteiger partial charge in [0.1, 0.15) is 17.8 Å². The standard InChI is InChI=1S/C24H33N5O9S.Na/c1-2-3-4-5-6-7-12-27-13-14-28(23(34)22(27)33)24(35)26-19(16-8-10-17(30)11-9-16)20(31)25-18-15-29(21(18)32)39(36,37)38;/h8-11,18-19,30H,2-7,12-15H2,1H3,(H,25,31)(H,26,35)(H,36,37,38);/q;+1/p-1. The summed E-state index contributed by atoms with van der Waals surface area (Å²) < 4.78 is 33.2. The summed E-state index contributed by atoms with van der Waals surface area (Å²) in [6.45, 7) is 2.00. The van der Waals surface area contributed by atoms with Crippen LogP contribution in [0, 0.1) is 0 Å². The molecule has 0 saturated carbocycles. The first-order chi connectivity index (χ1) is 18.4. The van der Waals surface area contributed by atoms with Crippen LogP contribution in [0.4, 0.5) is 4.79 Å². The van der Waals surface area contributed by atoms with Gasteiger partial charge in [0.15, 0.2) is 10.3 Å².